The Bertz CT molecular complexity index is 2730. The highest BCUT2D eigenvalue weighted by molar-refractivity contribution is 6.22. The number of hydrogen-bond donors (Lipinski definition) is 0. The summed E-state index contributed by atoms with van der Waals surface area (Å²) in [5.74, 6) is 0. The van der Waals surface area contributed by atoms with Gasteiger partial charge in [-0.1, -0.05) is 185 Å². The number of rotatable bonds is 5. The third-order valence-corrected chi connectivity index (χ3v) is 10.6. The van der Waals surface area contributed by atoms with Gasteiger partial charge in [0.15, 0.2) is 0 Å². The lowest BCUT2D eigenvalue weighted by Crippen LogP contribution is -2.10. The summed E-state index contributed by atoms with van der Waals surface area (Å²) in [6.07, 6.45) is 0. The molecule has 0 aliphatic carbocycles. The van der Waals surface area contributed by atoms with Crippen molar-refractivity contribution in [2.45, 2.75) is 26.2 Å². The molecule has 9 rings (SSSR count). The molecule has 0 bridgehead atoms. The van der Waals surface area contributed by atoms with E-state index in [-0.39, 0.29) is 5.41 Å². The molecule has 0 N–H and O–H groups in total. The van der Waals surface area contributed by atoms with E-state index in [4.69, 9.17) is 0 Å². The Labute approximate surface area is 306 Å². The summed E-state index contributed by atoms with van der Waals surface area (Å²) in [7, 11) is 0. The third kappa shape index (κ3) is 5.77. The van der Waals surface area contributed by atoms with Gasteiger partial charge in [0, 0.05) is 0 Å². The summed E-state index contributed by atoms with van der Waals surface area (Å²) in [6.45, 7) is 6.93. The summed E-state index contributed by atoms with van der Waals surface area (Å²) in [5, 5.41) is 7.58. The number of fused-ring (bicyclic) bond motifs is 3. The topological polar surface area (TPSA) is 0 Å². The molecular formula is C52H40. The summed E-state index contributed by atoms with van der Waals surface area (Å²) >= 11 is 0. The van der Waals surface area contributed by atoms with Crippen LogP contribution in [0.3, 0.4) is 0 Å². The van der Waals surface area contributed by atoms with E-state index in [0.29, 0.717) is 0 Å². The van der Waals surface area contributed by atoms with Crippen LogP contribution in [0, 0.1) is 0 Å². The Morgan fingerprint density at radius 1 is 0.269 bits per heavy atom. The zero-order valence-corrected chi connectivity index (χ0v) is 29.9. The first-order valence-corrected chi connectivity index (χ1v) is 18.3. The molecule has 0 heterocycles. The molecule has 0 saturated heterocycles. The van der Waals surface area contributed by atoms with E-state index in [2.05, 4.69) is 209 Å². The van der Waals surface area contributed by atoms with Crippen LogP contribution in [0.15, 0.2) is 188 Å². The van der Waals surface area contributed by atoms with Crippen LogP contribution in [0.5, 0.6) is 0 Å². The van der Waals surface area contributed by atoms with Crippen LogP contribution in [0.1, 0.15) is 26.3 Å². The molecule has 0 spiro atoms. The van der Waals surface area contributed by atoms with Crippen molar-refractivity contribution < 1.29 is 0 Å². The van der Waals surface area contributed by atoms with Gasteiger partial charge in [-0.25, -0.2) is 0 Å². The molecule has 0 saturated carbocycles. The molecule has 0 aliphatic rings. The van der Waals surface area contributed by atoms with Crippen molar-refractivity contribution in [3.63, 3.8) is 0 Å². The average Bonchev–Trinajstić information content (AvgIpc) is 3.20. The fourth-order valence-electron chi connectivity index (χ4n) is 7.81. The standard InChI is InChI=1S/C52H40/c1-52(2,3)45-28-30-47-49(34-45)50(39-24-21-38(22-25-39)35-13-6-4-7-14-35)46-29-27-43(42-26-23-37-17-10-11-18-40(37)31-42)33-48(46)51(47)44-20-12-19-41(32-44)36-15-8-5-9-16-36/h4-34H,1-3H3. The normalized spacial score (nSPS) is 11.8. The lowest BCUT2D eigenvalue weighted by Gasteiger charge is -2.23. The van der Waals surface area contributed by atoms with E-state index in [1.54, 1.807) is 0 Å². The second kappa shape index (κ2) is 12.8. The largest absolute Gasteiger partial charge is 0.0622 e. The van der Waals surface area contributed by atoms with E-state index in [1.807, 2.05) is 0 Å². The molecule has 9 aromatic carbocycles. The molecule has 0 aliphatic heterocycles. The highest BCUT2D eigenvalue weighted by Gasteiger charge is 2.21. The van der Waals surface area contributed by atoms with Crippen molar-refractivity contribution in [1.29, 1.82) is 0 Å². The maximum atomic E-state index is 2.46. The highest BCUT2D eigenvalue weighted by atomic mass is 14.2. The quantitative estimate of drug-likeness (QED) is 0.161. The first-order chi connectivity index (χ1) is 25.4. The fraction of sp³-hybridized carbons (Fsp3) is 0.0769. The van der Waals surface area contributed by atoms with Crippen molar-refractivity contribution >= 4 is 32.3 Å². The van der Waals surface area contributed by atoms with Gasteiger partial charge >= 0.3 is 0 Å². The highest BCUT2D eigenvalue weighted by Crippen LogP contribution is 2.47. The number of hydrogen-bond acceptors (Lipinski definition) is 0. The lowest BCUT2D eigenvalue weighted by molar-refractivity contribution is 0.591. The SMILES string of the molecule is CC(C)(C)c1ccc2c(-c3cccc(-c4ccccc4)c3)c3cc(-c4ccc5ccccc5c4)ccc3c(-c3ccc(-c4ccccc4)cc3)c2c1. The summed E-state index contributed by atoms with van der Waals surface area (Å²) in [5.41, 5.74) is 13.7. The Morgan fingerprint density at radius 2 is 0.731 bits per heavy atom. The summed E-state index contributed by atoms with van der Waals surface area (Å²) in [4.78, 5) is 0. The van der Waals surface area contributed by atoms with Gasteiger partial charge in [0.05, 0.1) is 0 Å². The van der Waals surface area contributed by atoms with Crippen molar-refractivity contribution in [2.24, 2.45) is 0 Å². The van der Waals surface area contributed by atoms with Crippen LogP contribution < -0.4 is 0 Å². The van der Waals surface area contributed by atoms with Crippen LogP contribution >= 0.6 is 0 Å². The minimum absolute atomic E-state index is 0.00487. The van der Waals surface area contributed by atoms with Gasteiger partial charge in [-0.15, -0.1) is 0 Å². The van der Waals surface area contributed by atoms with Gasteiger partial charge in [0.2, 0.25) is 0 Å². The van der Waals surface area contributed by atoms with Crippen LogP contribution in [0.2, 0.25) is 0 Å². The zero-order valence-electron chi connectivity index (χ0n) is 29.9. The molecule has 0 atom stereocenters. The molecule has 0 unspecified atom stereocenters. The molecule has 52 heavy (non-hydrogen) atoms. The summed E-state index contributed by atoms with van der Waals surface area (Å²) < 4.78 is 0. The molecule has 0 fully saturated rings. The van der Waals surface area contributed by atoms with E-state index >= 15 is 0 Å². The monoisotopic (exact) mass is 664 g/mol. The Balaban J connectivity index is 1.36. The van der Waals surface area contributed by atoms with Gasteiger partial charge in [-0.3, -0.25) is 0 Å². The van der Waals surface area contributed by atoms with E-state index in [9.17, 15) is 0 Å². The lowest BCUT2D eigenvalue weighted by atomic mass is 9.80. The van der Waals surface area contributed by atoms with Crippen LogP contribution in [0.4, 0.5) is 0 Å². The predicted octanol–water partition coefficient (Wildman–Crippen LogP) is 14.8. The fourth-order valence-corrected chi connectivity index (χ4v) is 7.81. The van der Waals surface area contributed by atoms with Gasteiger partial charge in [0.1, 0.15) is 0 Å². The molecule has 0 nitrogen and oxygen atoms in total. The minimum Gasteiger partial charge on any atom is -0.0622 e. The maximum Gasteiger partial charge on any atom is -0.00259 e. The van der Waals surface area contributed by atoms with Crippen molar-refractivity contribution in [3.8, 4) is 55.6 Å². The zero-order chi connectivity index (χ0) is 35.2. The summed E-state index contributed by atoms with van der Waals surface area (Å²) in [6, 6.07) is 69.4. The first-order valence-electron chi connectivity index (χ1n) is 18.3. The van der Waals surface area contributed by atoms with Gasteiger partial charge < -0.3 is 0 Å². The van der Waals surface area contributed by atoms with Crippen molar-refractivity contribution in [2.75, 3.05) is 0 Å². The van der Waals surface area contributed by atoms with Crippen molar-refractivity contribution in [3.05, 3.63) is 194 Å². The third-order valence-electron chi connectivity index (χ3n) is 10.6. The second-order valence-electron chi connectivity index (χ2n) is 15.0. The first kappa shape index (κ1) is 31.7. The molecule has 0 aromatic heterocycles. The van der Waals surface area contributed by atoms with Gasteiger partial charge in [-0.2, -0.15) is 0 Å². The molecule has 0 amide bonds. The van der Waals surface area contributed by atoms with Crippen molar-refractivity contribution in [1.82, 2.24) is 0 Å². The molecular weight excluding hydrogens is 625 g/mol. The average molecular weight is 665 g/mol. The Hall–Kier alpha value is -6.24. The minimum atomic E-state index is 0.00487. The Kier molecular flexibility index (Phi) is 7.82. The molecule has 0 radical (unpaired) electrons. The second-order valence-corrected chi connectivity index (χ2v) is 15.0. The predicted molar refractivity (Wildman–Crippen MR) is 225 cm³/mol. The van der Waals surface area contributed by atoms with Gasteiger partial charge in [-0.05, 0) is 123 Å². The van der Waals surface area contributed by atoms with Crippen LogP contribution in [-0.2, 0) is 5.41 Å². The smallest absolute Gasteiger partial charge is 0.00259 e. The number of benzene rings is 9. The van der Waals surface area contributed by atoms with Gasteiger partial charge in [0.25, 0.3) is 0 Å². The van der Waals surface area contributed by atoms with Crippen LogP contribution in [-0.4, -0.2) is 0 Å². The van der Waals surface area contributed by atoms with Crippen LogP contribution in [0.25, 0.3) is 88.0 Å². The Morgan fingerprint density at radius 3 is 1.44 bits per heavy atom. The maximum absolute atomic E-state index is 2.46. The molecule has 248 valence electrons. The van der Waals surface area contributed by atoms with E-state index in [0.717, 1.165) is 0 Å². The van der Waals surface area contributed by atoms with E-state index in [1.165, 1.54) is 93.5 Å². The van der Waals surface area contributed by atoms with E-state index < -0.39 is 0 Å². The molecule has 9 aromatic rings. The molecule has 0 heteroatoms.